The Bertz CT molecular complexity index is 521. The van der Waals surface area contributed by atoms with Gasteiger partial charge in [-0.05, 0) is 26.3 Å². The van der Waals surface area contributed by atoms with Gasteiger partial charge in [0.05, 0.1) is 0 Å². The number of esters is 1. The summed E-state index contributed by atoms with van der Waals surface area (Å²) in [7, 11) is 0. The zero-order valence-corrected chi connectivity index (χ0v) is 12.8. The summed E-state index contributed by atoms with van der Waals surface area (Å²) in [6, 6.07) is 8.82. The molecule has 0 aliphatic carbocycles. The maximum Gasteiger partial charge on any atom is 0.408 e. The molecule has 0 radical (unpaired) electrons. The Balaban J connectivity index is 2.05. The number of nitrogens with one attached hydrogen (secondary N) is 1. The minimum absolute atomic E-state index is 0.160. The summed E-state index contributed by atoms with van der Waals surface area (Å²) < 4.78 is 10.6. The van der Waals surface area contributed by atoms with Crippen molar-refractivity contribution in [1.82, 2.24) is 5.32 Å². The molecule has 2 rings (SSSR count). The molecular weight excluding hydrogens is 270 g/mol. The molecule has 5 heteroatoms. The SMILES string of the molecule is C[C@H]1[C@H](NC(=O)OC(C)(C)C)C(=O)O[C@@H]1c1ccccc1. The predicted octanol–water partition coefficient (Wildman–Crippen LogP) is 2.81. The number of carbonyl (C=O) groups excluding carboxylic acids is 2. The molecule has 1 amide bonds. The van der Waals surface area contributed by atoms with E-state index in [2.05, 4.69) is 5.32 Å². The number of rotatable bonds is 2. The van der Waals surface area contributed by atoms with E-state index in [1.807, 2.05) is 37.3 Å². The number of amides is 1. The molecule has 0 aromatic heterocycles. The fraction of sp³-hybridized carbons (Fsp3) is 0.500. The minimum Gasteiger partial charge on any atom is -0.456 e. The first-order valence-corrected chi connectivity index (χ1v) is 7.03. The molecule has 1 aromatic carbocycles. The largest absolute Gasteiger partial charge is 0.456 e. The smallest absolute Gasteiger partial charge is 0.408 e. The molecule has 5 nitrogen and oxygen atoms in total. The number of carbonyl (C=O) groups is 2. The van der Waals surface area contributed by atoms with Crippen LogP contribution in [0, 0.1) is 5.92 Å². The fourth-order valence-electron chi connectivity index (χ4n) is 2.33. The van der Waals surface area contributed by atoms with Gasteiger partial charge in [-0.25, -0.2) is 9.59 Å². The third kappa shape index (κ3) is 3.74. The van der Waals surface area contributed by atoms with Crippen LogP contribution < -0.4 is 5.32 Å². The predicted molar refractivity (Wildman–Crippen MR) is 77.6 cm³/mol. The van der Waals surface area contributed by atoms with Gasteiger partial charge in [0.15, 0.2) is 0 Å². The molecule has 1 aliphatic heterocycles. The van der Waals surface area contributed by atoms with Crippen molar-refractivity contribution in [1.29, 1.82) is 0 Å². The van der Waals surface area contributed by atoms with Crippen LogP contribution in [0.3, 0.4) is 0 Å². The van der Waals surface area contributed by atoms with Crippen molar-refractivity contribution < 1.29 is 19.1 Å². The maximum absolute atomic E-state index is 12.0. The lowest BCUT2D eigenvalue weighted by atomic mass is 9.94. The summed E-state index contributed by atoms with van der Waals surface area (Å²) >= 11 is 0. The Morgan fingerprint density at radius 2 is 1.86 bits per heavy atom. The number of cyclic esters (lactones) is 1. The molecule has 1 saturated heterocycles. The summed E-state index contributed by atoms with van der Waals surface area (Å²) in [4.78, 5) is 23.8. The second kappa shape index (κ2) is 5.76. The van der Waals surface area contributed by atoms with Gasteiger partial charge in [-0.15, -0.1) is 0 Å². The summed E-state index contributed by atoms with van der Waals surface area (Å²) in [5.74, 6) is -0.588. The Morgan fingerprint density at radius 1 is 1.24 bits per heavy atom. The average molecular weight is 291 g/mol. The topological polar surface area (TPSA) is 64.6 Å². The molecule has 0 spiro atoms. The highest BCUT2D eigenvalue weighted by Crippen LogP contribution is 2.35. The molecule has 0 unspecified atom stereocenters. The van der Waals surface area contributed by atoms with E-state index in [9.17, 15) is 9.59 Å². The normalized spacial score (nSPS) is 25.3. The molecule has 1 N–H and O–H groups in total. The number of hydrogen-bond acceptors (Lipinski definition) is 4. The van der Waals surface area contributed by atoms with E-state index in [1.165, 1.54) is 0 Å². The van der Waals surface area contributed by atoms with Gasteiger partial charge >= 0.3 is 12.1 Å². The second-order valence-electron chi connectivity index (χ2n) is 6.25. The quantitative estimate of drug-likeness (QED) is 0.851. The third-order valence-electron chi connectivity index (χ3n) is 3.30. The van der Waals surface area contributed by atoms with Crippen LogP contribution in [0.5, 0.6) is 0 Å². The minimum atomic E-state index is -0.690. The molecule has 0 bridgehead atoms. The summed E-state index contributed by atoms with van der Waals surface area (Å²) in [6.45, 7) is 7.20. The number of ether oxygens (including phenoxy) is 2. The maximum atomic E-state index is 12.0. The average Bonchev–Trinajstić information content (AvgIpc) is 2.66. The third-order valence-corrected chi connectivity index (χ3v) is 3.30. The lowest BCUT2D eigenvalue weighted by Gasteiger charge is -2.22. The fourth-order valence-corrected chi connectivity index (χ4v) is 2.33. The lowest BCUT2D eigenvalue weighted by Crippen LogP contribution is -2.44. The van der Waals surface area contributed by atoms with Crippen LogP contribution in [-0.2, 0) is 14.3 Å². The number of hydrogen-bond donors (Lipinski definition) is 1. The van der Waals surface area contributed by atoms with Crippen molar-refractivity contribution in [3.63, 3.8) is 0 Å². The van der Waals surface area contributed by atoms with Gasteiger partial charge < -0.3 is 14.8 Å². The molecule has 21 heavy (non-hydrogen) atoms. The highest BCUT2D eigenvalue weighted by molar-refractivity contribution is 5.83. The standard InChI is InChI=1S/C16H21NO4/c1-10-12(17-15(19)21-16(2,3)4)14(18)20-13(10)11-8-6-5-7-9-11/h5-10,12-13H,1-4H3,(H,17,19)/t10-,12-,13-/m0/s1. The molecular formula is C16H21NO4. The molecule has 1 fully saturated rings. The summed E-state index contributed by atoms with van der Waals surface area (Å²) in [5, 5.41) is 2.60. The monoisotopic (exact) mass is 291 g/mol. The molecule has 0 saturated carbocycles. The van der Waals surface area contributed by atoms with Crippen LogP contribution >= 0.6 is 0 Å². The molecule has 1 heterocycles. The van der Waals surface area contributed by atoms with Crippen molar-refractivity contribution in [2.75, 3.05) is 0 Å². The second-order valence-corrected chi connectivity index (χ2v) is 6.25. The van der Waals surface area contributed by atoms with Gasteiger partial charge in [-0.3, -0.25) is 0 Å². The van der Waals surface area contributed by atoms with Gasteiger partial charge in [0.1, 0.15) is 17.7 Å². The zero-order valence-electron chi connectivity index (χ0n) is 12.8. The van der Waals surface area contributed by atoms with Crippen molar-refractivity contribution in [3.8, 4) is 0 Å². The number of alkyl carbamates (subject to hydrolysis) is 1. The number of benzene rings is 1. The zero-order chi connectivity index (χ0) is 15.6. The Labute approximate surface area is 124 Å². The van der Waals surface area contributed by atoms with Crippen molar-refractivity contribution in [3.05, 3.63) is 35.9 Å². The molecule has 114 valence electrons. The van der Waals surface area contributed by atoms with E-state index in [4.69, 9.17) is 9.47 Å². The molecule has 3 atom stereocenters. The summed E-state index contributed by atoms with van der Waals surface area (Å²) in [5.41, 5.74) is 0.320. The summed E-state index contributed by atoms with van der Waals surface area (Å²) in [6.07, 6.45) is -0.955. The first-order chi connectivity index (χ1) is 9.78. The van der Waals surface area contributed by atoms with Gasteiger partial charge in [-0.1, -0.05) is 37.3 Å². The van der Waals surface area contributed by atoms with Gasteiger partial charge in [0.2, 0.25) is 0 Å². The first-order valence-electron chi connectivity index (χ1n) is 7.03. The van der Waals surface area contributed by atoms with Crippen LogP contribution in [-0.4, -0.2) is 23.7 Å². The van der Waals surface area contributed by atoms with Gasteiger partial charge in [0.25, 0.3) is 0 Å². The highest BCUT2D eigenvalue weighted by Gasteiger charge is 2.43. The Kier molecular flexibility index (Phi) is 4.21. The first kappa shape index (κ1) is 15.4. The van der Waals surface area contributed by atoms with E-state index in [0.29, 0.717) is 0 Å². The molecule has 1 aromatic rings. The van der Waals surface area contributed by atoms with Gasteiger partial charge in [-0.2, -0.15) is 0 Å². The van der Waals surface area contributed by atoms with Crippen LogP contribution in [0.1, 0.15) is 39.4 Å². The van der Waals surface area contributed by atoms with Crippen LogP contribution in [0.25, 0.3) is 0 Å². The van der Waals surface area contributed by atoms with E-state index in [0.717, 1.165) is 5.56 Å². The van der Waals surface area contributed by atoms with Crippen molar-refractivity contribution in [2.45, 2.75) is 45.4 Å². The van der Waals surface area contributed by atoms with Crippen molar-refractivity contribution in [2.24, 2.45) is 5.92 Å². The van der Waals surface area contributed by atoms with E-state index in [-0.39, 0.29) is 12.0 Å². The van der Waals surface area contributed by atoms with Crippen LogP contribution in [0.15, 0.2) is 30.3 Å². The molecule has 1 aliphatic rings. The van der Waals surface area contributed by atoms with E-state index < -0.39 is 23.7 Å². The van der Waals surface area contributed by atoms with E-state index >= 15 is 0 Å². The van der Waals surface area contributed by atoms with Crippen LogP contribution in [0.4, 0.5) is 4.79 Å². The Hall–Kier alpha value is -2.04. The van der Waals surface area contributed by atoms with Crippen molar-refractivity contribution >= 4 is 12.1 Å². The highest BCUT2D eigenvalue weighted by atomic mass is 16.6. The van der Waals surface area contributed by atoms with E-state index in [1.54, 1.807) is 20.8 Å². The van der Waals surface area contributed by atoms with Crippen LogP contribution in [0.2, 0.25) is 0 Å². The Morgan fingerprint density at radius 3 is 2.43 bits per heavy atom. The van der Waals surface area contributed by atoms with Gasteiger partial charge in [0, 0.05) is 5.92 Å². The lowest BCUT2D eigenvalue weighted by molar-refractivity contribution is -0.143.